The van der Waals surface area contributed by atoms with E-state index in [9.17, 15) is 9.59 Å². The third-order valence-electron chi connectivity index (χ3n) is 4.46. The van der Waals surface area contributed by atoms with Crippen LogP contribution in [0.4, 0.5) is 0 Å². The van der Waals surface area contributed by atoms with Crippen molar-refractivity contribution in [2.24, 2.45) is 17.6 Å². The molecule has 2 rings (SSSR count). The first kappa shape index (κ1) is 19.2. The van der Waals surface area contributed by atoms with Gasteiger partial charge in [-0.05, 0) is 18.8 Å². The molecule has 2 aliphatic heterocycles. The molecule has 0 aromatic carbocycles. The Bertz CT molecular complexity index is 378. The second-order valence-corrected chi connectivity index (χ2v) is 6.28. The highest BCUT2D eigenvalue weighted by molar-refractivity contribution is 5.85. The van der Waals surface area contributed by atoms with E-state index in [4.69, 9.17) is 10.5 Å². The fourth-order valence-electron chi connectivity index (χ4n) is 3.00. The summed E-state index contributed by atoms with van der Waals surface area (Å²) in [6.45, 7) is 7.61. The van der Waals surface area contributed by atoms with E-state index in [0.29, 0.717) is 39.4 Å². The first-order chi connectivity index (χ1) is 10.0. The Morgan fingerprint density at radius 1 is 1.00 bits per heavy atom. The predicted molar refractivity (Wildman–Crippen MR) is 86.8 cm³/mol. The molecule has 0 aromatic rings. The largest absolute Gasteiger partial charge is 0.381 e. The third-order valence-corrected chi connectivity index (χ3v) is 4.46. The van der Waals surface area contributed by atoms with Gasteiger partial charge in [-0.1, -0.05) is 13.8 Å². The number of ether oxygens (including phenoxy) is 1. The molecule has 128 valence electrons. The quantitative estimate of drug-likeness (QED) is 0.815. The first-order valence-electron chi connectivity index (χ1n) is 7.91. The zero-order chi connectivity index (χ0) is 15.4. The second kappa shape index (κ2) is 8.70. The lowest BCUT2D eigenvalue weighted by molar-refractivity contribution is -0.143. The number of hydrogen-bond donors (Lipinski definition) is 1. The van der Waals surface area contributed by atoms with E-state index >= 15 is 0 Å². The fourth-order valence-corrected chi connectivity index (χ4v) is 3.00. The molecule has 0 radical (unpaired) electrons. The molecule has 0 spiro atoms. The lowest BCUT2D eigenvalue weighted by atomic mass is 9.91. The van der Waals surface area contributed by atoms with Crippen LogP contribution in [0.5, 0.6) is 0 Å². The Labute approximate surface area is 138 Å². The molecule has 0 saturated carbocycles. The average Bonchev–Trinajstić information content (AvgIpc) is 2.53. The summed E-state index contributed by atoms with van der Waals surface area (Å²) in [4.78, 5) is 28.1. The van der Waals surface area contributed by atoms with Crippen LogP contribution in [0.25, 0.3) is 0 Å². The Morgan fingerprint density at radius 2 is 1.45 bits per heavy atom. The zero-order valence-corrected chi connectivity index (χ0v) is 14.3. The summed E-state index contributed by atoms with van der Waals surface area (Å²) < 4.78 is 5.31. The number of carbonyl (C=O) groups is 2. The van der Waals surface area contributed by atoms with Gasteiger partial charge < -0.3 is 20.3 Å². The molecule has 2 amide bonds. The van der Waals surface area contributed by atoms with Crippen LogP contribution >= 0.6 is 12.4 Å². The molecule has 0 aliphatic carbocycles. The van der Waals surface area contributed by atoms with Crippen molar-refractivity contribution in [1.82, 2.24) is 9.80 Å². The molecule has 2 fully saturated rings. The minimum absolute atomic E-state index is 0. The SMILES string of the molecule is CC(C)C(=O)N1CCN(C(=O)C(N)C2CCOCC2)CC1.Cl. The summed E-state index contributed by atoms with van der Waals surface area (Å²) in [5.41, 5.74) is 6.14. The van der Waals surface area contributed by atoms with E-state index in [-0.39, 0.29) is 36.1 Å². The molecule has 6 nitrogen and oxygen atoms in total. The normalized spacial score (nSPS) is 21.5. The van der Waals surface area contributed by atoms with Crippen LogP contribution in [-0.2, 0) is 14.3 Å². The van der Waals surface area contributed by atoms with E-state index in [1.807, 2.05) is 23.6 Å². The average molecular weight is 334 g/mol. The molecule has 2 heterocycles. The van der Waals surface area contributed by atoms with Gasteiger partial charge in [0.1, 0.15) is 0 Å². The van der Waals surface area contributed by atoms with Gasteiger partial charge in [0, 0.05) is 45.3 Å². The van der Waals surface area contributed by atoms with Crippen molar-refractivity contribution in [3.8, 4) is 0 Å². The highest BCUT2D eigenvalue weighted by atomic mass is 35.5. The van der Waals surface area contributed by atoms with Gasteiger partial charge in [-0.2, -0.15) is 0 Å². The van der Waals surface area contributed by atoms with E-state index in [2.05, 4.69) is 0 Å². The summed E-state index contributed by atoms with van der Waals surface area (Å²) in [5.74, 6) is 0.424. The molecule has 2 N–H and O–H groups in total. The molecule has 1 unspecified atom stereocenters. The van der Waals surface area contributed by atoms with Crippen molar-refractivity contribution >= 4 is 24.2 Å². The molecule has 1 atom stereocenters. The minimum Gasteiger partial charge on any atom is -0.381 e. The zero-order valence-electron chi connectivity index (χ0n) is 13.5. The van der Waals surface area contributed by atoms with E-state index in [1.54, 1.807) is 0 Å². The molecule has 2 saturated heterocycles. The van der Waals surface area contributed by atoms with Gasteiger partial charge in [0.15, 0.2) is 0 Å². The van der Waals surface area contributed by atoms with Crippen LogP contribution in [-0.4, -0.2) is 67.0 Å². The van der Waals surface area contributed by atoms with Gasteiger partial charge in [-0.25, -0.2) is 0 Å². The highest BCUT2D eigenvalue weighted by Crippen LogP contribution is 2.19. The maximum atomic E-state index is 12.5. The molecule has 22 heavy (non-hydrogen) atoms. The second-order valence-electron chi connectivity index (χ2n) is 6.28. The summed E-state index contributed by atoms with van der Waals surface area (Å²) in [5, 5.41) is 0. The van der Waals surface area contributed by atoms with E-state index in [1.165, 1.54) is 0 Å². The number of carbonyl (C=O) groups excluding carboxylic acids is 2. The van der Waals surface area contributed by atoms with E-state index in [0.717, 1.165) is 12.8 Å². The van der Waals surface area contributed by atoms with Gasteiger partial charge in [0.2, 0.25) is 11.8 Å². The Kier molecular flexibility index (Phi) is 7.59. The standard InChI is InChI=1S/C15H27N3O3.ClH/c1-11(2)14(19)17-5-7-18(8-6-17)15(20)13(16)12-3-9-21-10-4-12;/h11-13H,3-10,16H2,1-2H3;1H. The number of amides is 2. The van der Waals surface area contributed by atoms with Crippen LogP contribution in [0.1, 0.15) is 26.7 Å². The topological polar surface area (TPSA) is 75.9 Å². The number of halogens is 1. The molecule has 2 aliphatic rings. The van der Waals surface area contributed by atoms with Gasteiger partial charge in [-0.3, -0.25) is 9.59 Å². The smallest absolute Gasteiger partial charge is 0.239 e. The number of nitrogens with zero attached hydrogens (tertiary/aromatic N) is 2. The Balaban J connectivity index is 0.00000242. The maximum absolute atomic E-state index is 12.5. The maximum Gasteiger partial charge on any atom is 0.239 e. The van der Waals surface area contributed by atoms with Gasteiger partial charge in [0.25, 0.3) is 0 Å². The number of nitrogens with two attached hydrogens (primary N) is 1. The van der Waals surface area contributed by atoms with Crippen LogP contribution < -0.4 is 5.73 Å². The lowest BCUT2D eigenvalue weighted by Gasteiger charge is -2.38. The molecule has 0 aromatic heterocycles. The van der Waals surface area contributed by atoms with Crippen molar-refractivity contribution < 1.29 is 14.3 Å². The van der Waals surface area contributed by atoms with Crippen molar-refractivity contribution in [3.05, 3.63) is 0 Å². The van der Waals surface area contributed by atoms with Crippen LogP contribution in [0.3, 0.4) is 0 Å². The van der Waals surface area contributed by atoms with Crippen molar-refractivity contribution in [2.45, 2.75) is 32.7 Å². The Morgan fingerprint density at radius 3 is 1.91 bits per heavy atom. The molecule has 0 bridgehead atoms. The van der Waals surface area contributed by atoms with Crippen LogP contribution in [0.2, 0.25) is 0 Å². The number of rotatable bonds is 3. The Hall–Kier alpha value is -0.850. The third kappa shape index (κ3) is 4.57. The first-order valence-corrected chi connectivity index (χ1v) is 7.91. The minimum atomic E-state index is -0.429. The van der Waals surface area contributed by atoms with Gasteiger partial charge >= 0.3 is 0 Å². The molecular formula is C15H28ClN3O3. The highest BCUT2D eigenvalue weighted by Gasteiger charge is 2.32. The van der Waals surface area contributed by atoms with Crippen LogP contribution in [0, 0.1) is 11.8 Å². The summed E-state index contributed by atoms with van der Waals surface area (Å²) in [6, 6.07) is -0.429. The van der Waals surface area contributed by atoms with Crippen molar-refractivity contribution in [2.75, 3.05) is 39.4 Å². The summed E-state index contributed by atoms with van der Waals surface area (Å²) in [7, 11) is 0. The van der Waals surface area contributed by atoms with Crippen molar-refractivity contribution in [1.29, 1.82) is 0 Å². The summed E-state index contributed by atoms with van der Waals surface area (Å²) in [6.07, 6.45) is 1.72. The van der Waals surface area contributed by atoms with Crippen molar-refractivity contribution in [3.63, 3.8) is 0 Å². The predicted octanol–water partition coefficient (Wildman–Crippen LogP) is 0.489. The lowest BCUT2D eigenvalue weighted by Crippen LogP contribution is -2.56. The van der Waals surface area contributed by atoms with Crippen LogP contribution in [0.15, 0.2) is 0 Å². The van der Waals surface area contributed by atoms with Gasteiger partial charge in [0.05, 0.1) is 6.04 Å². The molecular weight excluding hydrogens is 306 g/mol. The summed E-state index contributed by atoms with van der Waals surface area (Å²) >= 11 is 0. The van der Waals surface area contributed by atoms with E-state index < -0.39 is 6.04 Å². The number of hydrogen-bond acceptors (Lipinski definition) is 4. The fraction of sp³-hybridized carbons (Fsp3) is 0.867. The monoisotopic (exact) mass is 333 g/mol. The molecule has 7 heteroatoms. The van der Waals surface area contributed by atoms with Gasteiger partial charge in [-0.15, -0.1) is 12.4 Å². The number of piperazine rings is 1.